The lowest BCUT2D eigenvalue weighted by molar-refractivity contribution is -0.0640. The van der Waals surface area contributed by atoms with Crippen LogP contribution in [0.4, 0.5) is 0 Å². The van der Waals surface area contributed by atoms with E-state index in [9.17, 15) is 5.11 Å². The fraction of sp³-hybridized carbons (Fsp3) is 0.600. The molecular formula is C15H23NO3. The van der Waals surface area contributed by atoms with Crippen molar-refractivity contribution in [2.45, 2.75) is 39.0 Å². The molecule has 19 heavy (non-hydrogen) atoms. The molecule has 0 bridgehead atoms. The SMILES string of the molecule is COc1cc(C(C)N2CC(C)OCC2C)ccc1O. The van der Waals surface area contributed by atoms with Crippen molar-refractivity contribution >= 4 is 0 Å². The highest BCUT2D eigenvalue weighted by Crippen LogP contribution is 2.32. The summed E-state index contributed by atoms with van der Waals surface area (Å²) in [5.74, 6) is 0.708. The molecule has 4 nitrogen and oxygen atoms in total. The molecule has 0 saturated carbocycles. The van der Waals surface area contributed by atoms with E-state index in [1.54, 1.807) is 13.2 Å². The van der Waals surface area contributed by atoms with Crippen LogP contribution >= 0.6 is 0 Å². The maximum Gasteiger partial charge on any atom is 0.160 e. The number of aromatic hydroxyl groups is 1. The number of ether oxygens (including phenoxy) is 2. The Bertz CT molecular complexity index is 435. The van der Waals surface area contributed by atoms with E-state index < -0.39 is 0 Å². The first-order chi connectivity index (χ1) is 9.02. The van der Waals surface area contributed by atoms with Gasteiger partial charge in [-0.1, -0.05) is 6.07 Å². The lowest BCUT2D eigenvalue weighted by Crippen LogP contribution is -2.48. The van der Waals surface area contributed by atoms with Crippen LogP contribution in [0, 0.1) is 0 Å². The maximum absolute atomic E-state index is 9.66. The Balaban J connectivity index is 2.20. The monoisotopic (exact) mass is 265 g/mol. The second-order valence-electron chi connectivity index (χ2n) is 5.30. The minimum absolute atomic E-state index is 0.182. The molecule has 1 saturated heterocycles. The summed E-state index contributed by atoms with van der Waals surface area (Å²) in [6, 6.07) is 6.23. The third-order valence-electron chi connectivity index (χ3n) is 3.84. The first kappa shape index (κ1) is 14.2. The van der Waals surface area contributed by atoms with Gasteiger partial charge in [0.1, 0.15) is 0 Å². The Morgan fingerprint density at radius 1 is 1.42 bits per heavy atom. The minimum Gasteiger partial charge on any atom is -0.504 e. The first-order valence-corrected chi connectivity index (χ1v) is 6.77. The van der Waals surface area contributed by atoms with Crippen LogP contribution in [-0.2, 0) is 4.74 Å². The van der Waals surface area contributed by atoms with Crippen LogP contribution in [0.15, 0.2) is 18.2 Å². The van der Waals surface area contributed by atoms with Crippen molar-refractivity contribution in [3.63, 3.8) is 0 Å². The van der Waals surface area contributed by atoms with E-state index in [1.807, 2.05) is 12.1 Å². The number of phenols is 1. The van der Waals surface area contributed by atoms with Crippen molar-refractivity contribution in [2.75, 3.05) is 20.3 Å². The van der Waals surface area contributed by atoms with Crippen molar-refractivity contribution in [3.8, 4) is 11.5 Å². The molecule has 1 heterocycles. The molecule has 3 unspecified atom stereocenters. The molecule has 3 atom stereocenters. The summed E-state index contributed by atoms with van der Waals surface area (Å²) < 4.78 is 10.8. The molecule has 0 spiro atoms. The maximum atomic E-state index is 9.66. The second kappa shape index (κ2) is 5.80. The highest BCUT2D eigenvalue weighted by molar-refractivity contribution is 5.42. The number of hydrogen-bond acceptors (Lipinski definition) is 4. The molecular weight excluding hydrogens is 242 g/mol. The normalized spacial score (nSPS) is 26.1. The topological polar surface area (TPSA) is 41.9 Å². The lowest BCUT2D eigenvalue weighted by Gasteiger charge is -2.40. The number of methoxy groups -OCH3 is 1. The van der Waals surface area contributed by atoms with E-state index in [4.69, 9.17) is 9.47 Å². The third-order valence-corrected chi connectivity index (χ3v) is 3.84. The number of hydrogen-bond donors (Lipinski definition) is 1. The second-order valence-corrected chi connectivity index (χ2v) is 5.30. The molecule has 1 aromatic carbocycles. The third kappa shape index (κ3) is 3.01. The lowest BCUT2D eigenvalue weighted by atomic mass is 10.0. The molecule has 4 heteroatoms. The van der Waals surface area contributed by atoms with E-state index in [-0.39, 0.29) is 17.9 Å². The fourth-order valence-electron chi connectivity index (χ4n) is 2.61. The summed E-state index contributed by atoms with van der Waals surface area (Å²) in [7, 11) is 1.57. The van der Waals surface area contributed by atoms with Gasteiger partial charge in [-0.25, -0.2) is 0 Å². The van der Waals surface area contributed by atoms with Gasteiger partial charge in [-0.2, -0.15) is 0 Å². The predicted octanol–water partition coefficient (Wildman–Crippen LogP) is 2.57. The zero-order chi connectivity index (χ0) is 14.0. The smallest absolute Gasteiger partial charge is 0.160 e. The van der Waals surface area contributed by atoms with Crippen molar-refractivity contribution in [1.82, 2.24) is 4.90 Å². The van der Waals surface area contributed by atoms with Gasteiger partial charge in [0.05, 0.1) is 19.8 Å². The zero-order valence-corrected chi connectivity index (χ0v) is 12.1. The van der Waals surface area contributed by atoms with Crippen LogP contribution in [0.3, 0.4) is 0 Å². The van der Waals surface area contributed by atoms with Gasteiger partial charge >= 0.3 is 0 Å². The van der Waals surface area contributed by atoms with Crippen molar-refractivity contribution in [1.29, 1.82) is 0 Å². The standard InChI is InChI=1S/C15H23NO3/c1-10-9-19-11(2)8-16(10)12(3)13-5-6-14(17)15(7-13)18-4/h5-7,10-12,17H,8-9H2,1-4H3. The van der Waals surface area contributed by atoms with Crippen molar-refractivity contribution in [2.24, 2.45) is 0 Å². The number of rotatable bonds is 3. The summed E-state index contributed by atoms with van der Waals surface area (Å²) in [5.41, 5.74) is 1.15. The molecule has 1 fully saturated rings. The largest absolute Gasteiger partial charge is 0.504 e. The molecule has 0 aromatic heterocycles. The molecule has 0 radical (unpaired) electrons. The van der Waals surface area contributed by atoms with Gasteiger partial charge in [-0.3, -0.25) is 4.90 Å². The molecule has 1 aliphatic heterocycles. The number of benzene rings is 1. The van der Waals surface area contributed by atoms with Crippen molar-refractivity contribution < 1.29 is 14.6 Å². The summed E-state index contributed by atoms with van der Waals surface area (Å²) in [4.78, 5) is 2.43. The summed E-state index contributed by atoms with van der Waals surface area (Å²) in [6.07, 6.45) is 0.262. The Morgan fingerprint density at radius 3 is 2.84 bits per heavy atom. The van der Waals surface area contributed by atoms with Gasteiger partial charge in [-0.05, 0) is 38.5 Å². The molecule has 0 aliphatic carbocycles. The fourth-order valence-corrected chi connectivity index (χ4v) is 2.61. The van der Waals surface area contributed by atoms with Gasteiger partial charge in [0.2, 0.25) is 0 Å². The van der Waals surface area contributed by atoms with Gasteiger partial charge in [0.25, 0.3) is 0 Å². The molecule has 0 amide bonds. The van der Waals surface area contributed by atoms with E-state index >= 15 is 0 Å². The van der Waals surface area contributed by atoms with E-state index in [1.165, 1.54) is 0 Å². The molecule has 106 valence electrons. The highest BCUT2D eigenvalue weighted by atomic mass is 16.5. The molecule has 2 rings (SSSR count). The Labute approximate surface area is 114 Å². The summed E-state index contributed by atoms with van der Waals surface area (Å²) >= 11 is 0. The number of morpholine rings is 1. The summed E-state index contributed by atoms with van der Waals surface area (Å²) in [6.45, 7) is 8.15. The van der Waals surface area contributed by atoms with Crippen LogP contribution in [0.2, 0.25) is 0 Å². The van der Waals surface area contributed by atoms with Gasteiger partial charge in [0.15, 0.2) is 11.5 Å². The molecule has 1 N–H and O–H groups in total. The number of nitrogens with zero attached hydrogens (tertiary/aromatic N) is 1. The zero-order valence-electron chi connectivity index (χ0n) is 12.1. The minimum atomic E-state index is 0.182. The summed E-state index contributed by atoms with van der Waals surface area (Å²) in [5, 5.41) is 9.66. The highest BCUT2D eigenvalue weighted by Gasteiger charge is 2.28. The van der Waals surface area contributed by atoms with Gasteiger partial charge in [-0.15, -0.1) is 0 Å². The van der Waals surface area contributed by atoms with E-state index in [0.717, 1.165) is 18.7 Å². The number of phenolic OH excluding ortho intramolecular Hbond substituents is 1. The Hall–Kier alpha value is -1.26. The Morgan fingerprint density at radius 2 is 2.16 bits per heavy atom. The quantitative estimate of drug-likeness (QED) is 0.912. The molecule has 1 aromatic rings. The van der Waals surface area contributed by atoms with E-state index in [0.29, 0.717) is 11.8 Å². The van der Waals surface area contributed by atoms with Crippen LogP contribution in [-0.4, -0.2) is 42.4 Å². The van der Waals surface area contributed by atoms with Crippen LogP contribution in [0.25, 0.3) is 0 Å². The average Bonchev–Trinajstić information content (AvgIpc) is 2.41. The van der Waals surface area contributed by atoms with Gasteiger partial charge < -0.3 is 14.6 Å². The van der Waals surface area contributed by atoms with Crippen molar-refractivity contribution in [3.05, 3.63) is 23.8 Å². The van der Waals surface area contributed by atoms with E-state index in [2.05, 4.69) is 25.7 Å². The van der Waals surface area contributed by atoms with Gasteiger partial charge in [0, 0.05) is 18.6 Å². The van der Waals surface area contributed by atoms with Crippen LogP contribution in [0.1, 0.15) is 32.4 Å². The Kier molecular flexibility index (Phi) is 4.32. The predicted molar refractivity (Wildman–Crippen MR) is 74.7 cm³/mol. The van der Waals surface area contributed by atoms with Crippen LogP contribution in [0.5, 0.6) is 11.5 Å². The first-order valence-electron chi connectivity index (χ1n) is 6.77. The average molecular weight is 265 g/mol. The van der Waals surface area contributed by atoms with Crippen LogP contribution < -0.4 is 4.74 Å². The molecule has 1 aliphatic rings.